The zero-order valence-corrected chi connectivity index (χ0v) is 9.76. The highest BCUT2D eigenvalue weighted by atomic mass is 16.6. The second kappa shape index (κ2) is 5.28. The summed E-state index contributed by atoms with van der Waals surface area (Å²) < 4.78 is 0. The Morgan fingerprint density at radius 1 is 1.16 bits per heavy atom. The average molecular weight is 258 g/mol. The molecule has 0 spiro atoms. The van der Waals surface area contributed by atoms with Crippen LogP contribution in [0.4, 0.5) is 11.4 Å². The number of hydrogen-bond acceptors (Lipinski definition) is 5. The molecule has 1 aromatic carbocycles. The second-order valence-corrected chi connectivity index (χ2v) is 3.79. The van der Waals surface area contributed by atoms with E-state index in [2.05, 4.69) is 0 Å². The monoisotopic (exact) mass is 258 g/mol. The standard InChI is InChI=1S/C13H10N2O4/c16-13-4-2-1-3-10(13)9-14(17)11-5-7-12(8-6-11)15(18)19/h1-9,17H/b10-9-. The molecule has 1 N–H and O–H groups in total. The fourth-order valence-corrected chi connectivity index (χ4v) is 1.52. The summed E-state index contributed by atoms with van der Waals surface area (Å²) in [5, 5.41) is 21.0. The molecule has 96 valence electrons. The van der Waals surface area contributed by atoms with E-state index in [9.17, 15) is 20.1 Å². The molecular weight excluding hydrogens is 248 g/mol. The van der Waals surface area contributed by atoms with Crippen molar-refractivity contribution in [3.8, 4) is 0 Å². The first-order valence-electron chi connectivity index (χ1n) is 5.41. The molecule has 0 aromatic heterocycles. The van der Waals surface area contributed by atoms with Gasteiger partial charge in [-0.3, -0.25) is 20.1 Å². The number of nitro benzene ring substituents is 1. The topological polar surface area (TPSA) is 83.7 Å². The minimum Gasteiger partial charge on any atom is -0.289 e. The van der Waals surface area contributed by atoms with Gasteiger partial charge >= 0.3 is 0 Å². The lowest BCUT2D eigenvalue weighted by atomic mass is 10.1. The normalized spacial score (nSPS) is 15.8. The molecule has 0 fully saturated rings. The van der Waals surface area contributed by atoms with Crippen LogP contribution in [-0.2, 0) is 4.79 Å². The third kappa shape index (κ3) is 2.93. The third-order valence-electron chi connectivity index (χ3n) is 2.51. The minimum absolute atomic E-state index is 0.0682. The number of ketones is 1. The van der Waals surface area contributed by atoms with Crippen molar-refractivity contribution in [2.45, 2.75) is 0 Å². The Balaban J connectivity index is 2.20. The van der Waals surface area contributed by atoms with E-state index in [0.29, 0.717) is 11.3 Å². The summed E-state index contributed by atoms with van der Waals surface area (Å²) >= 11 is 0. The Labute approximate surface area is 108 Å². The van der Waals surface area contributed by atoms with Gasteiger partial charge in [-0.05, 0) is 24.3 Å². The number of carbonyl (C=O) groups excluding carboxylic acids is 1. The first-order chi connectivity index (χ1) is 9.08. The van der Waals surface area contributed by atoms with Gasteiger partial charge in [0.2, 0.25) is 0 Å². The van der Waals surface area contributed by atoms with Crippen LogP contribution in [0.15, 0.2) is 60.3 Å². The van der Waals surface area contributed by atoms with Gasteiger partial charge in [0.1, 0.15) is 0 Å². The van der Waals surface area contributed by atoms with Crippen molar-refractivity contribution in [3.05, 3.63) is 70.5 Å². The first-order valence-corrected chi connectivity index (χ1v) is 5.41. The molecular formula is C13H10N2O4. The van der Waals surface area contributed by atoms with Crippen LogP contribution in [0.2, 0.25) is 0 Å². The van der Waals surface area contributed by atoms with Gasteiger partial charge in [-0.15, -0.1) is 0 Å². The average Bonchev–Trinajstić information content (AvgIpc) is 2.41. The van der Waals surface area contributed by atoms with E-state index in [0.717, 1.165) is 5.06 Å². The van der Waals surface area contributed by atoms with Crippen molar-refractivity contribution < 1.29 is 14.9 Å². The smallest absolute Gasteiger partial charge is 0.269 e. The van der Waals surface area contributed by atoms with Crippen molar-refractivity contribution in [2.75, 3.05) is 5.06 Å². The molecule has 0 amide bonds. The third-order valence-corrected chi connectivity index (χ3v) is 2.51. The predicted octanol–water partition coefficient (Wildman–Crippen LogP) is 2.37. The van der Waals surface area contributed by atoms with Crippen LogP contribution in [0.1, 0.15) is 0 Å². The van der Waals surface area contributed by atoms with Crippen molar-refractivity contribution >= 4 is 17.2 Å². The lowest BCUT2D eigenvalue weighted by Crippen LogP contribution is -2.13. The minimum atomic E-state index is -0.526. The largest absolute Gasteiger partial charge is 0.289 e. The summed E-state index contributed by atoms with van der Waals surface area (Å²) in [6, 6.07) is 5.33. The van der Waals surface area contributed by atoms with Crippen molar-refractivity contribution in [2.24, 2.45) is 0 Å². The van der Waals surface area contributed by atoms with Gasteiger partial charge in [0, 0.05) is 23.9 Å². The van der Waals surface area contributed by atoms with Crippen LogP contribution >= 0.6 is 0 Å². The number of hydroxylamine groups is 1. The Morgan fingerprint density at radius 2 is 1.79 bits per heavy atom. The Morgan fingerprint density at radius 3 is 2.37 bits per heavy atom. The fraction of sp³-hybridized carbons (Fsp3) is 0. The molecule has 0 unspecified atom stereocenters. The van der Waals surface area contributed by atoms with E-state index in [-0.39, 0.29) is 11.5 Å². The zero-order chi connectivity index (χ0) is 13.8. The second-order valence-electron chi connectivity index (χ2n) is 3.79. The number of nitrogens with zero attached hydrogens (tertiary/aromatic N) is 2. The highest BCUT2D eigenvalue weighted by Gasteiger charge is 2.10. The number of anilines is 1. The molecule has 0 atom stereocenters. The van der Waals surface area contributed by atoms with Gasteiger partial charge in [-0.1, -0.05) is 12.2 Å². The Hall–Kier alpha value is -2.73. The van der Waals surface area contributed by atoms with Gasteiger partial charge < -0.3 is 0 Å². The molecule has 19 heavy (non-hydrogen) atoms. The van der Waals surface area contributed by atoms with Crippen molar-refractivity contribution in [1.82, 2.24) is 0 Å². The van der Waals surface area contributed by atoms with E-state index in [1.165, 1.54) is 36.5 Å². The van der Waals surface area contributed by atoms with Crippen LogP contribution in [0.25, 0.3) is 0 Å². The fourth-order valence-electron chi connectivity index (χ4n) is 1.52. The molecule has 1 aromatic rings. The van der Waals surface area contributed by atoms with E-state index < -0.39 is 4.92 Å². The molecule has 6 heteroatoms. The molecule has 1 aliphatic carbocycles. The highest BCUT2D eigenvalue weighted by molar-refractivity contribution is 6.07. The quantitative estimate of drug-likeness (QED) is 0.511. The van der Waals surface area contributed by atoms with Crippen LogP contribution in [0, 0.1) is 10.1 Å². The number of hydrogen-bond donors (Lipinski definition) is 1. The van der Waals surface area contributed by atoms with Crippen LogP contribution < -0.4 is 5.06 Å². The summed E-state index contributed by atoms with van der Waals surface area (Å²) in [6.07, 6.45) is 7.49. The Kier molecular flexibility index (Phi) is 3.53. The van der Waals surface area contributed by atoms with Gasteiger partial charge in [0.25, 0.3) is 5.69 Å². The lowest BCUT2D eigenvalue weighted by molar-refractivity contribution is -0.384. The van der Waals surface area contributed by atoms with Gasteiger partial charge in [0.15, 0.2) is 5.78 Å². The maximum atomic E-state index is 11.5. The lowest BCUT2D eigenvalue weighted by Gasteiger charge is -2.13. The molecule has 0 bridgehead atoms. The summed E-state index contributed by atoms with van der Waals surface area (Å²) in [5.74, 6) is -0.219. The van der Waals surface area contributed by atoms with E-state index in [4.69, 9.17) is 0 Å². The maximum Gasteiger partial charge on any atom is 0.269 e. The summed E-state index contributed by atoms with van der Waals surface area (Å²) in [7, 11) is 0. The predicted molar refractivity (Wildman–Crippen MR) is 68.7 cm³/mol. The molecule has 0 saturated carbocycles. The van der Waals surface area contributed by atoms with E-state index in [1.54, 1.807) is 18.2 Å². The number of rotatable bonds is 3. The van der Waals surface area contributed by atoms with Gasteiger partial charge in [0.05, 0.1) is 10.6 Å². The number of allylic oxidation sites excluding steroid dienone is 5. The van der Waals surface area contributed by atoms with Crippen LogP contribution in [0.5, 0.6) is 0 Å². The van der Waals surface area contributed by atoms with E-state index in [1.807, 2.05) is 0 Å². The number of nitro groups is 1. The van der Waals surface area contributed by atoms with Crippen LogP contribution in [-0.4, -0.2) is 15.9 Å². The number of non-ortho nitro benzene ring substituents is 1. The Bertz CT molecular complexity index is 600. The summed E-state index contributed by atoms with van der Waals surface area (Å²) in [4.78, 5) is 21.4. The molecule has 0 saturated heterocycles. The molecule has 1 aliphatic rings. The molecule has 0 heterocycles. The molecule has 0 aliphatic heterocycles. The van der Waals surface area contributed by atoms with E-state index >= 15 is 0 Å². The zero-order valence-electron chi connectivity index (χ0n) is 9.76. The summed E-state index contributed by atoms with van der Waals surface area (Å²) in [5.41, 5.74) is 0.582. The van der Waals surface area contributed by atoms with Crippen molar-refractivity contribution in [1.29, 1.82) is 0 Å². The maximum absolute atomic E-state index is 11.5. The van der Waals surface area contributed by atoms with Crippen molar-refractivity contribution in [3.63, 3.8) is 0 Å². The SMILES string of the molecule is O=C1C=CC=C/C1=C/N(O)c1ccc([N+](=O)[O-])cc1. The van der Waals surface area contributed by atoms with Gasteiger partial charge in [-0.2, -0.15) is 0 Å². The molecule has 2 rings (SSSR count). The number of carbonyl (C=O) groups is 1. The first kappa shape index (κ1) is 12.7. The number of benzene rings is 1. The van der Waals surface area contributed by atoms with Crippen LogP contribution in [0.3, 0.4) is 0 Å². The summed E-state index contributed by atoms with van der Waals surface area (Å²) in [6.45, 7) is 0. The van der Waals surface area contributed by atoms with Gasteiger partial charge in [-0.25, -0.2) is 5.06 Å². The molecule has 6 nitrogen and oxygen atoms in total. The highest BCUT2D eigenvalue weighted by Crippen LogP contribution is 2.19. The molecule has 0 radical (unpaired) electrons.